The summed E-state index contributed by atoms with van der Waals surface area (Å²) in [7, 11) is 0. The Morgan fingerprint density at radius 2 is 2.00 bits per heavy atom. The van der Waals surface area contributed by atoms with Crippen molar-refractivity contribution in [1.82, 2.24) is 9.38 Å². The summed E-state index contributed by atoms with van der Waals surface area (Å²) in [5.41, 5.74) is 1.01. The third-order valence-corrected chi connectivity index (χ3v) is 2.82. The van der Waals surface area contributed by atoms with Gasteiger partial charge in [-0.2, -0.15) is 0 Å². The van der Waals surface area contributed by atoms with Crippen LogP contribution in [0.15, 0.2) is 35.6 Å². The average molecular weight is 206 g/mol. The van der Waals surface area contributed by atoms with E-state index in [1.807, 2.05) is 22.7 Å². The van der Waals surface area contributed by atoms with Gasteiger partial charge in [0, 0.05) is 17.1 Å². The van der Waals surface area contributed by atoms with Crippen LogP contribution in [0.5, 0.6) is 0 Å². The molecule has 0 unspecified atom stereocenters. The fourth-order valence-electron chi connectivity index (χ4n) is 1.27. The minimum absolute atomic E-state index is 0.220. The number of hydrogen-bond donors (Lipinski definition) is 0. The van der Waals surface area contributed by atoms with Crippen molar-refractivity contribution in [3.05, 3.63) is 30.6 Å². The van der Waals surface area contributed by atoms with Gasteiger partial charge in [-0.1, -0.05) is 20.8 Å². The second kappa shape index (κ2) is 3.31. The summed E-state index contributed by atoms with van der Waals surface area (Å²) in [6.45, 7) is 6.59. The fourth-order valence-corrected chi connectivity index (χ4v) is 2.17. The summed E-state index contributed by atoms with van der Waals surface area (Å²) in [5, 5.41) is 1.09. The first-order chi connectivity index (χ1) is 6.54. The van der Waals surface area contributed by atoms with Crippen molar-refractivity contribution in [1.29, 1.82) is 0 Å². The summed E-state index contributed by atoms with van der Waals surface area (Å²) >= 11 is 1.79. The molecule has 0 saturated carbocycles. The van der Waals surface area contributed by atoms with Crippen LogP contribution in [0.3, 0.4) is 0 Å². The summed E-state index contributed by atoms with van der Waals surface area (Å²) in [6.07, 6.45) is 4.06. The number of fused-ring (bicyclic) bond motifs is 1. The van der Waals surface area contributed by atoms with Crippen molar-refractivity contribution >= 4 is 17.4 Å². The molecule has 0 aromatic carbocycles. The molecule has 14 heavy (non-hydrogen) atoms. The van der Waals surface area contributed by atoms with E-state index in [0.29, 0.717) is 0 Å². The molecule has 0 aliphatic rings. The second-order valence-corrected chi connectivity index (χ2v) is 6.10. The highest BCUT2D eigenvalue weighted by molar-refractivity contribution is 8.00. The SMILES string of the molecule is CC(C)(C)Sc1ccn2cccc2n1. The van der Waals surface area contributed by atoms with Gasteiger partial charge in [0.15, 0.2) is 0 Å². The van der Waals surface area contributed by atoms with Gasteiger partial charge in [-0.15, -0.1) is 11.8 Å². The standard InChI is InChI=1S/C11H14N2S/c1-11(2,3)14-10-6-8-13-7-4-5-9(13)12-10/h4-8H,1-3H3. The molecule has 0 atom stereocenters. The highest BCUT2D eigenvalue weighted by Crippen LogP contribution is 2.30. The monoisotopic (exact) mass is 206 g/mol. The van der Waals surface area contributed by atoms with Crippen molar-refractivity contribution in [3.8, 4) is 0 Å². The molecular formula is C11H14N2S. The normalized spacial score (nSPS) is 12.2. The van der Waals surface area contributed by atoms with E-state index in [4.69, 9.17) is 0 Å². The fraction of sp³-hybridized carbons (Fsp3) is 0.364. The van der Waals surface area contributed by atoms with Crippen molar-refractivity contribution < 1.29 is 0 Å². The van der Waals surface area contributed by atoms with E-state index in [-0.39, 0.29) is 4.75 Å². The number of rotatable bonds is 1. The zero-order chi connectivity index (χ0) is 10.2. The lowest BCUT2D eigenvalue weighted by molar-refractivity contribution is 0.799. The second-order valence-electron chi connectivity index (χ2n) is 4.25. The van der Waals surface area contributed by atoms with Gasteiger partial charge in [-0.25, -0.2) is 4.98 Å². The Kier molecular flexibility index (Phi) is 2.27. The van der Waals surface area contributed by atoms with Crippen LogP contribution in [-0.4, -0.2) is 14.1 Å². The van der Waals surface area contributed by atoms with E-state index in [1.165, 1.54) is 0 Å². The quantitative estimate of drug-likeness (QED) is 0.526. The topological polar surface area (TPSA) is 17.3 Å². The van der Waals surface area contributed by atoms with E-state index < -0.39 is 0 Å². The summed E-state index contributed by atoms with van der Waals surface area (Å²) < 4.78 is 2.24. The molecule has 0 aliphatic carbocycles. The molecule has 0 fully saturated rings. The Labute approximate surface area is 88.4 Å². The largest absolute Gasteiger partial charge is 0.309 e. The first kappa shape index (κ1) is 9.59. The maximum absolute atomic E-state index is 4.55. The van der Waals surface area contributed by atoms with Gasteiger partial charge in [-0.05, 0) is 18.2 Å². The minimum atomic E-state index is 0.220. The van der Waals surface area contributed by atoms with Gasteiger partial charge in [-0.3, -0.25) is 0 Å². The molecule has 0 saturated heterocycles. The van der Waals surface area contributed by atoms with E-state index in [1.54, 1.807) is 11.8 Å². The first-order valence-electron chi connectivity index (χ1n) is 4.67. The van der Waals surface area contributed by atoms with Crippen LogP contribution in [0.2, 0.25) is 0 Å². The molecule has 3 heteroatoms. The zero-order valence-electron chi connectivity index (χ0n) is 8.69. The molecule has 0 amide bonds. The van der Waals surface area contributed by atoms with E-state index >= 15 is 0 Å². The van der Waals surface area contributed by atoms with E-state index in [2.05, 4.69) is 38.0 Å². The average Bonchev–Trinajstić information content (AvgIpc) is 2.47. The lowest BCUT2D eigenvalue weighted by Crippen LogP contribution is -2.07. The Hall–Kier alpha value is -0.960. The minimum Gasteiger partial charge on any atom is -0.309 e. The van der Waals surface area contributed by atoms with Crippen LogP contribution in [0.25, 0.3) is 5.65 Å². The summed E-state index contributed by atoms with van der Waals surface area (Å²) in [4.78, 5) is 4.55. The van der Waals surface area contributed by atoms with E-state index in [0.717, 1.165) is 10.7 Å². The molecule has 2 nitrogen and oxygen atoms in total. The number of nitrogens with zero attached hydrogens (tertiary/aromatic N) is 2. The van der Waals surface area contributed by atoms with Gasteiger partial charge in [0.25, 0.3) is 0 Å². The molecule has 2 rings (SSSR count). The number of aromatic nitrogens is 2. The lowest BCUT2D eigenvalue weighted by Gasteiger charge is -2.16. The lowest BCUT2D eigenvalue weighted by atomic mass is 10.3. The van der Waals surface area contributed by atoms with Gasteiger partial charge < -0.3 is 4.40 Å². The van der Waals surface area contributed by atoms with Crippen molar-refractivity contribution in [2.24, 2.45) is 0 Å². The van der Waals surface area contributed by atoms with Gasteiger partial charge in [0.05, 0.1) is 0 Å². The van der Waals surface area contributed by atoms with Crippen LogP contribution < -0.4 is 0 Å². The van der Waals surface area contributed by atoms with Crippen molar-refractivity contribution in [3.63, 3.8) is 0 Å². The highest BCUT2D eigenvalue weighted by atomic mass is 32.2. The predicted molar refractivity (Wildman–Crippen MR) is 60.8 cm³/mol. The van der Waals surface area contributed by atoms with Gasteiger partial charge >= 0.3 is 0 Å². The Balaban J connectivity index is 2.35. The molecule has 2 aromatic heterocycles. The molecule has 74 valence electrons. The predicted octanol–water partition coefficient (Wildman–Crippen LogP) is 3.22. The molecule has 0 aliphatic heterocycles. The Morgan fingerprint density at radius 3 is 2.71 bits per heavy atom. The highest BCUT2D eigenvalue weighted by Gasteiger charge is 2.12. The first-order valence-corrected chi connectivity index (χ1v) is 5.49. The smallest absolute Gasteiger partial charge is 0.137 e. The van der Waals surface area contributed by atoms with Crippen LogP contribution in [0, 0.1) is 0 Å². The molecule has 0 radical (unpaired) electrons. The molecule has 0 bridgehead atoms. The molecular weight excluding hydrogens is 192 g/mol. The molecule has 2 heterocycles. The number of thioether (sulfide) groups is 1. The molecule has 2 aromatic rings. The summed E-state index contributed by atoms with van der Waals surface area (Å²) in [6, 6.07) is 6.09. The van der Waals surface area contributed by atoms with Gasteiger partial charge in [0.1, 0.15) is 10.7 Å². The Morgan fingerprint density at radius 1 is 1.21 bits per heavy atom. The van der Waals surface area contributed by atoms with Crippen LogP contribution in [0.4, 0.5) is 0 Å². The van der Waals surface area contributed by atoms with Crippen LogP contribution >= 0.6 is 11.8 Å². The third-order valence-electron chi connectivity index (χ3n) is 1.77. The molecule has 0 N–H and O–H groups in total. The van der Waals surface area contributed by atoms with Crippen LogP contribution in [-0.2, 0) is 0 Å². The van der Waals surface area contributed by atoms with Gasteiger partial charge in [0.2, 0.25) is 0 Å². The maximum Gasteiger partial charge on any atom is 0.137 e. The maximum atomic E-state index is 4.55. The third kappa shape index (κ3) is 2.10. The summed E-state index contributed by atoms with van der Waals surface area (Å²) in [5.74, 6) is 0. The molecule has 0 spiro atoms. The van der Waals surface area contributed by atoms with E-state index in [9.17, 15) is 0 Å². The van der Waals surface area contributed by atoms with Crippen molar-refractivity contribution in [2.45, 2.75) is 30.5 Å². The van der Waals surface area contributed by atoms with Crippen LogP contribution in [0.1, 0.15) is 20.8 Å². The van der Waals surface area contributed by atoms with Crippen molar-refractivity contribution in [2.75, 3.05) is 0 Å². The number of hydrogen-bond acceptors (Lipinski definition) is 2. The Bertz CT molecular complexity index is 440. The zero-order valence-corrected chi connectivity index (χ0v) is 9.51.